The van der Waals surface area contributed by atoms with Crippen molar-refractivity contribution >= 4 is 11.9 Å². The molecule has 1 unspecified atom stereocenters. The van der Waals surface area contributed by atoms with Gasteiger partial charge in [-0.25, -0.2) is 4.79 Å². The summed E-state index contributed by atoms with van der Waals surface area (Å²) in [6.45, 7) is 5.30. The minimum atomic E-state index is -1.34. The fraction of sp³-hybridized carbons (Fsp3) is 0.800. The quantitative estimate of drug-likeness (QED) is 0.403. The Morgan fingerprint density at radius 3 is 2.38 bits per heavy atom. The van der Waals surface area contributed by atoms with Crippen molar-refractivity contribution in [2.45, 2.75) is 32.9 Å². The van der Waals surface area contributed by atoms with E-state index in [0.29, 0.717) is 0 Å². The number of rotatable bonds is 6. The summed E-state index contributed by atoms with van der Waals surface area (Å²) < 4.78 is 4.61. The van der Waals surface area contributed by atoms with Gasteiger partial charge in [-0.2, -0.15) is 0 Å². The Kier molecular flexibility index (Phi) is 6.67. The normalized spacial score (nSPS) is 14.4. The Balaban J connectivity index is 4.28. The van der Waals surface area contributed by atoms with Crippen molar-refractivity contribution in [3.05, 3.63) is 0 Å². The molecular weight excluding hydrogens is 212 g/mol. The second-order valence-corrected chi connectivity index (χ2v) is 3.77. The van der Waals surface area contributed by atoms with E-state index in [1.807, 2.05) is 13.8 Å². The molecule has 6 nitrogen and oxygen atoms in total. The van der Waals surface area contributed by atoms with E-state index in [1.165, 1.54) is 0 Å². The van der Waals surface area contributed by atoms with Crippen LogP contribution in [0.4, 0.5) is 0 Å². The highest BCUT2D eigenvalue weighted by Crippen LogP contribution is 2.00. The molecule has 6 heteroatoms. The highest BCUT2D eigenvalue weighted by atomic mass is 16.5. The van der Waals surface area contributed by atoms with Gasteiger partial charge in [0.1, 0.15) is 0 Å². The molecule has 0 aromatic rings. The molecule has 0 saturated carbocycles. The van der Waals surface area contributed by atoms with Crippen LogP contribution in [-0.4, -0.2) is 42.3 Å². The average molecular weight is 232 g/mol. The van der Waals surface area contributed by atoms with Gasteiger partial charge >= 0.3 is 5.97 Å². The number of esters is 1. The van der Waals surface area contributed by atoms with Crippen LogP contribution in [0, 0.1) is 5.92 Å². The summed E-state index contributed by atoms with van der Waals surface area (Å²) in [4.78, 5) is 22.6. The van der Waals surface area contributed by atoms with Crippen LogP contribution in [0.25, 0.3) is 0 Å². The standard InChI is InChI=1S/C10H20N2O4/c1-4-16-10(15)8(11)9(14)12-7(5-13)6(2)3/h6-8,13H,4-5,11H2,1-3H3,(H,12,14)/t7-,8?/m1/s1. The number of carbonyl (C=O) groups is 2. The third kappa shape index (κ3) is 4.59. The molecule has 0 aromatic carbocycles. The molecule has 2 atom stereocenters. The van der Waals surface area contributed by atoms with Crippen molar-refractivity contribution in [3.63, 3.8) is 0 Å². The first-order valence-electron chi connectivity index (χ1n) is 5.27. The zero-order valence-electron chi connectivity index (χ0n) is 9.90. The molecule has 0 bridgehead atoms. The molecule has 4 N–H and O–H groups in total. The van der Waals surface area contributed by atoms with Gasteiger partial charge in [0.2, 0.25) is 5.91 Å². The Hall–Kier alpha value is -1.14. The molecule has 0 aliphatic carbocycles. The lowest BCUT2D eigenvalue weighted by Crippen LogP contribution is -2.52. The lowest BCUT2D eigenvalue weighted by Gasteiger charge is -2.21. The van der Waals surface area contributed by atoms with Crippen molar-refractivity contribution in [1.29, 1.82) is 0 Å². The van der Waals surface area contributed by atoms with E-state index in [9.17, 15) is 9.59 Å². The molecule has 0 rings (SSSR count). The monoisotopic (exact) mass is 232 g/mol. The highest BCUT2D eigenvalue weighted by molar-refractivity contribution is 6.01. The zero-order valence-corrected chi connectivity index (χ0v) is 9.90. The number of amides is 1. The van der Waals surface area contributed by atoms with Crippen molar-refractivity contribution in [1.82, 2.24) is 5.32 Å². The highest BCUT2D eigenvalue weighted by Gasteiger charge is 2.26. The summed E-state index contributed by atoms with van der Waals surface area (Å²) in [5, 5.41) is 11.5. The van der Waals surface area contributed by atoms with Crippen LogP contribution in [0.15, 0.2) is 0 Å². The van der Waals surface area contributed by atoms with Crippen LogP contribution in [0.2, 0.25) is 0 Å². The van der Waals surface area contributed by atoms with Crippen LogP contribution in [0.1, 0.15) is 20.8 Å². The molecule has 94 valence electrons. The van der Waals surface area contributed by atoms with Crippen LogP contribution >= 0.6 is 0 Å². The van der Waals surface area contributed by atoms with Gasteiger partial charge in [0, 0.05) is 0 Å². The second-order valence-electron chi connectivity index (χ2n) is 3.77. The first-order valence-corrected chi connectivity index (χ1v) is 5.27. The molecule has 0 heterocycles. The molecule has 0 aromatic heterocycles. The summed E-state index contributed by atoms with van der Waals surface area (Å²) in [6.07, 6.45) is 0. The lowest BCUT2D eigenvalue weighted by molar-refractivity contribution is -0.148. The molecule has 0 radical (unpaired) electrons. The number of carbonyl (C=O) groups excluding carboxylic acids is 2. The summed E-state index contributed by atoms with van der Waals surface area (Å²) in [6, 6.07) is -1.75. The molecule has 0 spiro atoms. The smallest absolute Gasteiger partial charge is 0.332 e. The summed E-state index contributed by atoms with van der Waals surface area (Å²) in [5.74, 6) is -1.34. The molecule has 0 saturated heterocycles. The summed E-state index contributed by atoms with van der Waals surface area (Å²) in [7, 11) is 0. The third-order valence-electron chi connectivity index (χ3n) is 2.15. The third-order valence-corrected chi connectivity index (χ3v) is 2.15. The lowest BCUT2D eigenvalue weighted by atomic mass is 10.1. The van der Waals surface area contributed by atoms with Crippen LogP contribution in [0.5, 0.6) is 0 Å². The van der Waals surface area contributed by atoms with Crippen molar-refractivity contribution < 1.29 is 19.4 Å². The number of hydrogen-bond acceptors (Lipinski definition) is 5. The number of hydrogen-bond donors (Lipinski definition) is 3. The maximum atomic E-state index is 11.5. The molecule has 0 aliphatic rings. The van der Waals surface area contributed by atoms with Crippen LogP contribution in [0.3, 0.4) is 0 Å². The minimum Gasteiger partial charge on any atom is -0.464 e. The fourth-order valence-electron chi connectivity index (χ4n) is 1.03. The number of ether oxygens (including phenoxy) is 1. The minimum absolute atomic E-state index is 0.0587. The Morgan fingerprint density at radius 1 is 1.44 bits per heavy atom. The summed E-state index contributed by atoms with van der Waals surface area (Å²) in [5.41, 5.74) is 5.38. The first kappa shape index (κ1) is 14.9. The van der Waals surface area contributed by atoms with Gasteiger partial charge in [0.25, 0.3) is 0 Å². The first-order chi connectivity index (χ1) is 7.43. The van der Waals surface area contributed by atoms with Gasteiger partial charge in [-0.3, -0.25) is 4.79 Å². The summed E-state index contributed by atoms with van der Waals surface area (Å²) >= 11 is 0. The maximum absolute atomic E-state index is 11.5. The number of aliphatic hydroxyl groups is 1. The fourth-order valence-corrected chi connectivity index (χ4v) is 1.03. The Morgan fingerprint density at radius 2 is 2.00 bits per heavy atom. The van der Waals surface area contributed by atoms with Crippen LogP contribution in [-0.2, 0) is 14.3 Å². The van der Waals surface area contributed by atoms with Gasteiger partial charge in [-0.15, -0.1) is 0 Å². The number of aliphatic hydroxyl groups excluding tert-OH is 1. The van der Waals surface area contributed by atoms with E-state index in [-0.39, 0.29) is 19.1 Å². The maximum Gasteiger partial charge on any atom is 0.332 e. The molecule has 0 fully saturated rings. The van der Waals surface area contributed by atoms with Crippen molar-refractivity contribution in [3.8, 4) is 0 Å². The molecule has 16 heavy (non-hydrogen) atoms. The van der Waals surface area contributed by atoms with Gasteiger partial charge in [-0.1, -0.05) is 13.8 Å². The van der Waals surface area contributed by atoms with Gasteiger partial charge in [-0.05, 0) is 12.8 Å². The van der Waals surface area contributed by atoms with Gasteiger partial charge in [0.15, 0.2) is 6.04 Å². The van der Waals surface area contributed by atoms with E-state index < -0.39 is 24.0 Å². The Bertz CT molecular complexity index is 243. The SMILES string of the molecule is CCOC(=O)C(N)C(=O)N[C@H](CO)C(C)C. The van der Waals surface area contributed by atoms with Crippen LogP contribution < -0.4 is 11.1 Å². The van der Waals surface area contributed by atoms with E-state index in [1.54, 1.807) is 6.92 Å². The van der Waals surface area contributed by atoms with Gasteiger partial charge < -0.3 is 20.9 Å². The predicted octanol–water partition coefficient (Wildman–Crippen LogP) is -0.990. The molecule has 0 aliphatic heterocycles. The largest absolute Gasteiger partial charge is 0.464 e. The number of nitrogens with one attached hydrogen (secondary N) is 1. The second kappa shape index (κ2) is 7.19. The van der Waals surface area contributed by atoms with E-state index >= 15 is 0 Å². The molecular formula is C10H20N2O4. The van der Waals surface area contributed by atoms with Crippen molar-refractivity contribution in [2.75, 3.05) is 13.2 Å². The van der Waals surface area contributed by atoms with E-state index in [0.717, 1.165) is 0 Å². The van der Waals surface area contributed by atoms with E-state index in [2.05, 4.69) is 10.1 Å². The Labute approximate surface area is 95.1 Å². The van der Waals surface area contributed by atoms with E-state index in [4.69, 9.17) is 10.8 Å². The van der Waals surface area contributed by atoms with Crippen molar-refractivity contribution in [2.24, 2.45) is 11.7 Å². The zero-order chi connectivity index (χ0) is 12.7. The topological polar surface area (TPSA) is 102 Å². The average Bonchev–Trinajstić information content (AvgIpc) is 2.24. The predicted molar refractivity (Wildman–Crippen MR) is 58.5 cm³/mol. The number of nitrogens with two attached hydrogens (primary N) is 1. The molecule has 1 amide bonds. The van der Waals surface area contributed by atoms with Gasteiger partial charge in [0.05, 0.1) is 19.3 Å².